The van der Waals surface area contributed by atoms with E-state index >= 15 is 0 Å². The van der Waals surface area contributed by atoms with Crippen LogP contribution in [0.1, 0.15) is 29.0 Å². The molecule has 0 saturated carbocycles. The molecule has 1 atom stereocenters. The zero-order valence-corrected chi connectivity index (χ0v) is 23.5. The van der Waals surface area contributed by atoms with Crippen molar-refractivity contribution in [2.75, 3.05) is 45.6 Å². The second kappa shape index (κ2) is 12.4. The van der Waals surface area contributed by atoms with Gasteiger partial charge in [0, 0.05) is 64.6 Å². The van der Waals surface area contributed by atoms with E-state index in [-0.39, 0.29) is 29.4 Å². The maximum atomic E-state index is 14.2. The molecule has 12 nitrogen and oxygen atoms in total. The Kier molecular flexibility index (Phi) is 8.52. The molecule has 1 aliphatic heterocycles. The van der Waals surface area contributed by atoms with Gasteiger partial charge in [0.1, 0.15) is 22.9 Å². The number of halogens is 1. The largest absolute Gasteiger partial charge is 0.436 e. The number of fused-ring (bicyclic) bond motifs is 1. The summed E-state index contributed by atoms with van der Waals surface area (Å²) in [5, 5.41) is 4.02. The third-order valence-corrected chi connectivity index (χ3v) is 6.86. The Morgan fingerprint density at radius 3 is 2.60 bits per heavy atom. The van der Waals surface area contributed by atoms with Crippen molar-refractivity contribution in [2.24, 2.45) is 10.8 Å². The minimum Gasteiger partial charge on any atom is -0.436 e. The van der Waals surface area contributed by atoms with Crippen molar-refractivity contribution in [1.29, 1.82) is 0 Å². The van der Waals surface area contributed by atoms with Crippen LogP contribution in [0.5, 0.6) is 0 Å². The number of hydrogen-bond donors (Lipinski definition) is 3. The molecular weight excluding hydrogens is 541 g/mol. The van der Waals surface area contributed by atoms with Gasteiger partial charge in [-0.3, -0.25) is 35.7 Å². The quantitative estimate of drug-likeness (QED) is 0.132. The van der Waals surface area contributed by atoms with E-state index in [0.717, 1.165) is 5.56 Å². The molecule has 5 rings (SSSR count). The van der Waals surface area contributed by atoms with Crippen molar-refractivity contribution in [3.63, 3.8) is 0 Å². The van der Waals surface area contributed by atoms with Gasteiger partial charge in [0.25, 0.3) is 5.91 Å². The first-order chi connectivity index (χ1) is 20.2. The lowest BCUT2D eigenvalue weighted by Crippen LogP contribution is -2.55. The van der Waals surface area contributed by atoms with Gasteiger partial charge in [0.15, 0.2) is 5.58 Å². The molecule has 1 fully saturated rings. The first-order valence-corrected chi connectivity index (χ1v) is 13.4. The third kappa shape index (κ3) is 6.43. The number of nitrogens with one attached hydrogen (secondary N) is 2. The van der Waals surface area contributed by atoms with Crippen LogP contribution in [-0.4, -0.2) is 82.8 Å². The normalized spacial score (nSPS) is 15.2. The van der Waals surface area contributed by atoms with Crippen molar-refractivity contribution in [3.05, 3.63) is 77.9 Å². The minimum atomic E-state index is -0.388. The molecule has 4 aromatic rings. The predicted octanol–water partition coefficient (Wildman–Crippen LogP) is 2.82. The van der Waals surface area contributed by atoms with Gasteiger partial charge in [-0.2, -0.15) is 5.12 Å². The second-order valence-corrected chi connectivity index (χ2v) is 9.93. The number of benzene rings is 2. The van der Waals surface area contributed by atoms with Gasteiger partial charge >= 0.3 is 0 Å². The molecule has 13 heteroatoms. The standard InChI is InChI=1S/C29H32FN9O3/c1-18(40)34-22-7-8-25-23(17-22)35-28(42-25)20-9-10-33-24(16-20)29(41)39-13-11-38(12-14-39)26(27(32-2)36-37(3)31)19-5-4-6-21(30)15-19/h4-10,15-17,26H,11-14,31H2,1-3H3,(H,32,36)(H,34,40). The number of carbonyl (C=O) groups is 2. The smallest absolute Gasteiger partial charge is 0.272 e. The van der Waals surface area contributed by atoms with E-state index in [1.165, 1.54) is 24.2 Å². The summed E-state index contributed by atoms with van der Waals surface area (Å²) in [6.45, 7) is 3.33. The zero-order chi connectivity index (χ0) is 29.8. The van der Waals surface area contributed by atoms with E-state index in [1.807, 2.05) is 6.07 Å². The molecule has 1 unspecified atom stereocenters. The maximum Gasteiger partial charge on any atom is 0.272 e. The highest BCUT2D eigenvalue weighted by Crippen LogP contribution is 2.28. The molecule has 2 aromatic heterocycles. The van der Waals surface area contributed by atoms with Gasteiger partial charge in [-0.15, -0.1) is 0 Å². The van der Waals surface area contributed by atoms with Crippen LogP contribution in [0, 0.1) is 5.82 Å². The van der Waals surface area contributed by atoms with Crippen LogP contribution in [0.4, 0.5) is 10.1 Å². The molecule has 0 aliphatic carbocycles. The van der Waals surface area contributed by atoms with Crippen LogP contribution in [-0.2, 0) is 4.79 Å². The Balaban J connectivity index is 1.32. The molecule has 42 heavy (non-hydrogen) atoms. The Morgan fingerprint density at radius 2 is 1.90 bits per heavy atom. The van der Waals surface area contributed by atoms with Crippen LogP contribution in [0.2, 0.25) is 0 Å². The SMILES string of the molecule is CN=C(NN(C)N)C(c1cccc(F)c1)N1CCN(C(=O)c2cc(-c3nc4cc(NC(C)=O)ccc4o3)ccn2)CC1. The number of oxazole rings is 1. The topological polar surface area (TPSA) is 145 Å². The van der Waals surface area contributed by atoms with Gasteiger partial charge in [0.05, 0.1) is 6.04 Å². The molecule has 0 spiro atoms. The summed E-state index contributed by atoms with van der Waals surface area (Å²) in [4.78, 5) is 42.0. The number of pyridine rings is 1. The van der Waals surface area contributed by atoms with E-state index in [2.05, 4.69) is 30.6 Å². The van der Waals surface area contributed by atoms with Crippen molar-refractivity contribution in [2.45, 2.75) is 13.0 Å². The second-order valence-electron chi connectivity index (χ2n) is 9.93. The van der Waals surface area contributed by atoms with Gasteiger partial charge < -0.3 is 14.6 Å². The zero-order valence-electron chi connectivity index (χ0n) is 23.5. The number of hydrogen-bond acceptors (Lipinski definition) is 9. The number of nitrogens with zero attached hydrogens (tertiary/aromatic N) is 6. The molecule has 3 heterocycles. The highest BCUT2D eigenvalue weighted by atomic mass is 19.1. The van der Waals surface area contributed by atoms with E-state index in [4.69, 9.17) is 10.3 Å². The van der Waals surface area contributed by atoms with Crippen LogP contribution >= 0.6 is 0 Å². The summed E-state index contributed by atoms with van der Waals surface area (Å²) in [5.74, 6) is 5.99. The molecular formula is C29H32FN9O3. The third-order valence-electron chi connectivity index (χ3n) is 6.86. The predicted molar refractivity (Wildman–Crippen MR) is 157 cm³/mol. The molecule has 0 radical (unpaired) electrons. The molecule has 2 aromatic carbocycles. The monoisotopic (exact) mass is 573 g/mol. The molecule has 0 bridgehead atoms. The van der Waals surface area contributed by atoms with Crippen molar-refractivity contribution in [3.8, 4) is 11.5 Å². The number of carbonyl (C=O) groups excluding carboxylic acids is 2. The summed E-state index contributed by atoms with van der Waals surface area (Å²) < 4.78 is 20.1. The van der Waals surface area contributed by atoms with Gasteiger partial charge in [0.2, 0.25) is 11.8 Å². The van der Waals surface area contributed by atoms with E-state index < -0.39 is 0 Å². The maximum absolute atomic E-state index is 14.2. The molecule has 218 valence electrons. The average Bonchev–Trinajstić information content (AvgIpc) is 3.40. The molecule has 1 saturated heterocycles. The average molecular weight is 574 g/mol. The highest BCUT2D eigenvalue weighted by Gasteiger charge is 2.31. The summed E-state index contributed by atoms with van der Waals surface area (Å²) in [7, 11) is 3.30. The summed E-state index contributed by atoms with van der Waals surface area (Å²) in [6.07, 6.45) is 1.55. The van der Waals surface area contributed by atoms with Gasteiger partial charge in [-0.1, -0.05) is 12.1 Å². The first-order valence-electron chi connectivity index (χ1n) is 13.4. The number of hydrazine groups is 2. The number of nitrogens with two attached hydrogens (primary N) is 1. The number of amidine groups is 1. The van der Waals surface area contributed by atoms with E-state index in [0.29, 0.717) is 60.3 Å². The molecule has 4 N–H and O–H groups in total. The molecule has 1 aliphatic rings. The summed E-state index contributed by atoms with van der Waals surface area (Å²) in [5.41, 5.74) is 6.37. The Morgan fingerprint density at radius 1 is 1.12 bits per heavy atom. The Bertz CT molecular complexity index is 1630. The Hall–Kier alpha value is -4.72. The van der Waals surface area contributed by atoms with Gasteiger partial charge in [-0.25, -0.2) is 9.37 Å². The van der Waals surface area contributed by atoms with Crippen molar-refractivity contribution < 1.29 is 18.4 Å². The van der Waals surface area contributed by atoms with E-state index in [9.17, 15) is 14.0 Å². The van der Waals surface area contributed by atoms with E-state index in [1.54, 1.807) is 61.6 Å². The van der Waals surface area contributed by atoms with Gasteiger partial charge in [-0.05, 0) is 48.0 Å². The van der Waals surface area contributed by atoms with Crippen LogP contribution in [0.3, 0.4) is 0 Å². The van der Waals surface area contributed by atoms with Crippen LogP contribution in [0.25, 0.3) is 22.6 Å². The van der Waals surface area contributed by atoms with Crippen molar-refractivity contribution >= 4 is 34.4 Å². The molecule has 2 amide bonds. The number of rotatable bonds is 7. The minimum absolute atomic E-state index is 0.181. The first kappa shape index (κ1) is 28.8. The fourth-order valence-electron chi connectivity index (χ4n) is 4.99. The number of piperazine rings is 1. The van der Waals surface area contributed by atoms with Crippen molar-refractivity contribution in [1.82, 2.24) is 30.3 Å². The van der Waals surface area contributed by atoms with Crippen LogP contribution in [0.15, 0.2) is 70.2 Å². The number of aromatic nitrogens is 2. The highest BCUT2D eigenvalue weighted by molar-refractivity contribution is 5.94. The fourth-order valence-corrected chi connectivity index (χ4v) is 4.99. The Labute approximate surface area is 242 Å². The summed E-state index contributed by atoms with van der Waals surface area (Å²) in [6, 6.07) is 14.6. The summed E-state index contributed by atoms with van der Waals surface area (Å²) >= 11 is 0. The number of amides is 2. The lowest BCUT2D eigenvalue weighted by Gasteiger charge is -2.40. The lowest BCUT2D eigenvalue weighted by atomic mass is 10.0. The number of anilines is 1. The van der Waals surface area contributed by atoms with Crippen LogP contribution < -0.4 is 16.6 Å². The fraction of sp³-hybridized carbons (Fsp3) is 0.276. The number of aliphatic imine (C=N–C) groups is 1. The lowest BCUT2D eigenvalue weighted by molar-refractivity contribution is -0.114.